The second-order valence-electron chi connectivity index (χ2n) is 14.1. The zero-order valence-corrected chi connectivity index (χ0v) is 30.4. The lowest BCUT2D eigenvalue weighted by atomic mass is 9.96. The molecule has 310 valence electrons. The van der Waals surface area contributed by atoms with E-state index in [2.05, 4.69) is 20.3 Å². The molecule has 4 fully saturated rings. The number of unbranched alkanes of at least 4 members (excludes halogenated alkanes) is 2. The lowest BCUT2D eigenvalue weighted by molar-refractivity contribution is -0.197. The van der Waals surface area contributed by atoms with Crippen LogP contribution in [0.1, 0.15) is 77.0 Å². The third kappa shape index (κ3) is 11.5. The van der Waals surface area contributed by atoms with Crippen molar-refractivity contribution in [2.45, 2.75) is 101 Å². The Bertz CT molecular complexity index is 1530. The van der Waals surface area contributed by atoms with E-state index in [9.17, 15) is 55.1 Å². The van der Waals surface area contributed by atoms with Crippen LogP contribution >= 0.6 is 0 Å². The fourth-order valence-electron chi connectivity index (χ4n) is 6.82. The summed E-state index contributed by atoms with van der Waals surface area (Å²) in [4.78, 5) is 95.2. The van der Waals surface area contributed by atoms with Gasteiger partial charge >= 0.3 is 30.1 Å². The van der Waals surface area contributed by atoms with Gasteiger partial charge in [-0.25, -0.2) is 4.79 Å². The molecule has 1 aromatic rings. The van der Waals surface area contributed by atoms with E-state index >= 15 is 0 Å². The molecule has 0 aromatic carbocycles. The predicted molar refractivity (Wildman–Crippen MR) is 182 cm³/mol. The maximum Gasteiger partial charge on any atom is 0.471 e. The van der Waals surface area contributed by atoms with Gasteiger partial charge < -0.3 is 35.5 Å². The highest BCUT2D eigenvalue weighted by molar-refractivity contribution is 6.01. The number of hydrogen-bond donors (Lipinski definition) is 3. The third-order valence-electron chi connectivity index (χ3n) is 10.0. The molecule has 0 spiro atoms. The number of aromatic nitrogens is 3. The number of imide groups is 1. The molecule has 0 bridgehead atoms. The van der Waals surface area contributed by atoms with Gasteiger partial charge in [0.25, 0.3) is 11.8 Å². The summed E-state index contributed by atoms with van der Waals surface area (Å²) >= 11 is 0. The Labute approximate surface area is 317 Å². The van der Waals surface area contributed by atoms with Crippen molar-refractivity contribution in [1.82, 2.24) is 36.0 Å². The Kier molecular flexibility index (Phi) is 13.8. The van der Waals surface area contributed by atoms with Crippen molar-refractivity contribution in [2.75, 3.05) is 60.5 Å². The summed E-state index contributed by atoms with van der Waals surface area (Å²) in [6.07, 6.45) is -6.63. The van der Waals surface area contributed by atoms with E-state index in [0.29, 0.717) is 62.7 Å². The molecule has 5 heterocycles. The highest BCUT2D eigenvalue weighted by Crippen LogP contribution is 2.28. The van der Waals surface area contributed by atoms with Crippen molar-refractivity contribution in [3.05, 3.63) is 0 Å². The van der Waals surface area contributed by atoms with Crippen molar-refractivity contribution < 1.29 is 59.9 Å². The van der Waals surface area contributed by atoms with Crippen LogP contribution in [0.5, 0.6) is 0 Å². The SMILES string of the molecule is O=C(CCCCCNC(=O)C1CCN(c2nc(N3CCC(NC(=O)C(F)(F)F)CC3)nc(N3CCC(NC(=O)C(F)(F)F)CC3)n2)CC1)ON1C(=O)CCC1=O. The highest BCUT2D eigenvalue weighted by Gasteiger charge is 2.41. The number of halogens is 6. The van der Waals surface area contributed by atoms with Crippen LogP contribution in [0.3, 0.4) is 0 Å². The van der Waals surface area contributed by atoms with E-state index in [4.69, 9.17) is 4.84 Å². The number of alkyl halides is 6. The van der Waals surface area contributed by atoms with Gasteiger partial charge in [-0.1, -0.05) is 6.42 Å². The zero-order chi connectivity index (χ0) is 40.6. The molecular weight excluding hydrogens is 762 g/mol. The summed E-state index contributed by atoms with van der Waals surface area (Å²) in [5.74, 6) is -5.46. The number of nitrogens with zero attached hydrogens (tertiary/aromatic N) is 7. The second-order valence-corrected chi connectivity index (χ2v) is 14.1. The number of rotatable bonds is 13. The van der Waals surface area contributed by atoms with Gasteiger partial charge in [0, 0.05) is 83.1 Å². The normalized spacial score (nSPS) is 19.3. The molecule has 4 aliphatic rings. The molecule has 17 nitrogen and oxygen atoms in total. The second kappa shape index (κ2) is 18.3. The highest BCUT2D eigenvalue weighted by atomic mass is 19.4. The predicted octanol–water partition coefficient (Wildman–Crippen LogP) is 1.67. The average Bonchev–Trinajstić information content (AvgIpc) is 3.48. The number of hydroxylamine groups is 2. The molecule has 0 unspecified atom stereocenters. The van der Waals surface area contributed by atoms with Crippen LogP contribution in [-0.4, -0.2) is 126 Å². The quantitative estimate of drug-likeness (QED) is 0.148. The van der Waals surface area contributed by atoms with Crippen molar-refractivity contribution in [3.63, 3.8) is 0 Å². The minimum Gasteiger partial charge on any atom is -0.356 e. The lowest BCUT2D eigenvalue weighted by Crippen LogP contribution is -2.49. The minimum absolute atomic E-state index is 0.0126. The molecule has 0 aliphatic carbocycles. The molecule has 5 amide bonds. The first kappa shape index (κ1) is 42.2. The molecule has 0 radical (unpaired) electrons. The van der Waals surface area contributed by atoms with Crippen molar-refractivity contribution in [1.29, 1.82) is 0 Å². The number of hydrogen-bond acceptors (Lipinski definition) is 13. The molecule has 0 saturated carbocycles. The van der Waals surface area contributed by atoms with E-state index < -0.39 is 54.0 Å². The van der Waals surface area contributed by atoms with Crippen LogP contribution in [0.2, 0.25) is 0 Å². The Balaban J connectivity index is 1.13. The maximum absolute atomic E-state index is 13.0. The fraction of sp³-hybridized carbons (Fsp3) is 0.727. The zero-order valence-electron chi connectivity index (χ0n) is 30.4. The van der Waals surface area contributed by atoms with Gasteiger partial charge in [-0.2, -0.15) is 41.3 Å². The third-order valence-corrected chi connectivity index (χ3v) is 10.0. The summed E-state index contributed by atoms with van der Waals surface area (Å²) < 4.78 is 76.8. The molecule has 4 aliphatic heterocycles. The first-order valence-electron chi connectivity index (χ1n) is 18.6. The maximum atomic E-state index is 13.0. The average molecular weight is 807 g/mol. The van der Waals surface area contributed by atoms with Gasteiger partial charge in [-0.3, -0.25) is 24.0 Å². The van der Waals surface area contributed by atoms with Crippen molar-refractivity contribution >= 4 is 53.4 Å². The minimum atomic E-state index is -5.01. The van der Waals surface area contributed by atoms with Gasteiger partial charge in [0.1, 0.15) is 0 Å². The molecule has 5 rings (SSSR count). The molecule has 1 aromatic heterocycles. The van der Waals surface area contributed by atoms with Crippen LogP contribution in [0.4, 0.5) is 44.2 Å². The van der Waals surface area contributed by atoms with Crippen molar-refractivity contribution in [3.8, 4) is 0 Å². The van der Waals surface area contributed by atoms with E-state index in [1.165, 1.54) is 0 Å². The smallest absolute Gasteiger partial charge is 0.356 e. The van der Waals surface area contributed by atoms with E-state index in [-0.39, 0.29) is 94.8 Å². The molecule has 3 N–H and O–H groups in total. The van der Waals surface area contributed by atoms with Gasteiger partial charge in [0.05, 0.1) is 0 Å². The number of anilines is 3. The first-order valence-corrected chi connectivity index (χ1v) is 18.6. The molecule has 56 heavy (non-hydrogen) atoms. The number of piperidine rings is 3. The number of carbonyl (C=O) groups excluding carboxylic acids is 6. The van der Waals surface area contributed by atoms with Crippen LogP contribution in [0.15, 0.2) is 0 Å². The van der Waals surface area contributed by atoms with Crippen molar-refractivity contribution in [2.24, 2.45) is 5.92 Å². The molecule has 4 saturated heterocycles. The Morgan fingerprint density at radius 1 is 0.625 bits per heavy atom. The molecular formula is C33H44F6N10O7. The first-order chi connectivity index (χ1) is 26.5. The summed E-state index contributed by atoms with van der Waals surface area (Å²) in [6, 6.07) is -1.41. The van der Waals surface area contributed by atoms with Gasteiger partial charge in [0.15, 0.2) is 0 Å². The summed E-state index contributed by atoms with van der Waals surface area (Å²) in [7, 11) is 0. The standard InChI is InChI=1S/C33H44F6N10O7/c34-32(35,36)27(54)41-21-9-16-47(17-10-21)30-43-29(44-31(45-30)48-18-11-22(12-19-48)42-28(55)33(37,38)39)46-14-7-20(8-15-46)26(53)40-13-3-1-2-4-25(52)56-49-23(50)5-6-24(49)51/h20-22H,1-19H2,(H,40,53)(H,41,54)(H,42,55). The summed E-state index contributed by atoms with van der Waals surface area (Å²) in [5, 5.41) is 7.43. The Morgan fingerprint density at radius 3 is 1.45 bits per heavy atom. The Morgan fingerprint density at radius 2 is 1.04 bits per heavy atom. The molecule has 0 atom stereocenters. The van der Waals surface area contributed by atoms with Gasteiger partial charge in [-0.05, 0) is 51.4 Å². The van der Waals surface area contributed by atoms with Crippen LogP contribution in [0.25, 0.3) is 0 Å². The largest absolute Gasteiger partial charge is 0.471 e. The van der Waals surface area contributed by atoms with Gasteiger partial charge in [-0.15, -0.1) is 5.06 Å². The topological polar surface area (TPSA) is 199 Å². The lowest BCUT2D eigenvalue weighted by Gasteiger charge is -2.36. The Hall–Kier alpha value is -4.99. The van der Waals surface area contributed by atoms with Gasteiger partial charge in [0.2, 0.25) is 23.8 Å². The van der Waals surface area contributed by atoms with E-state index in [0.717, 1.165) is 0 Å². The van der Waals surface area contributed by atoms with Crippen LogP contribution in [0, 0.1) is 5.92 Å². The number of carbonyl (C=O) groups is 6. The van der Waals surface area contributed by atoms with E-state index in [1.54, 1.807) is 9.80 Å². The summed E-state index contributed by atoms with van der Waals surface area (Å²) in [6.45, 7) is 2.09. The van der Waals surface area contributed by atoms with Crippen LogP contribution in [-0.2, 0) is 33.6 Å². The molecule has 23 heteroatoms. The van der Waals surface area contributed by atoms with Crippen LogP contribution < -0.4 is 30.7 Å². The number of nitrogens with one attached hydrogen (secondary N) is 3. The van der Waals surface area contributed by atoms with E-state index in [1.807, 2.05) is 15.5 Å². The number of amides is 5. The monoisotopic (exact) mass is 806 g/mol. The summed E-state index contributed by atoms with van der Waals surface area (Å²) in [5.41, 5.74) is 0. The fourth-order valence-corrected chi connectivity index (χ4v) is 6.82.